The summed E-state index contributed by atoms with van der Waals surface area (Å²) < 4.78 is 0. The highest BCUT2D eigenvalue weighted by atomic mass is 32.1. The summed E-state index contributed by atoms with van der Waals surface area (Å²) in [4.78, 5) is 50.9. The number of carboxylic acid groups (broad SMARTS) is 1. The van der Waals surface area contributed by atoms with Gasteiger partial charge in [-0.3, -0.25) is 14.4 Å². The SMILES string of the molecule is NC(CS)C(=O)NC(CS)C(=O)N1CCCC1C(=O)NC(Cc1ccccc1)C(=O)O. The number of carboxylic acids is 1. The highest BCUT2D eigenvalue weighted by Crippen LogP contribution is 2.19. The van der Waals surface area contributed by atoms with Crippen LogP contribution in [0.4, 0.5) is 0 Å². The number of thiol groups is 2. The Labute approximate surface area is 191 Å². The minimum atomic E-state index is -1.16. The van der Waals surface area contributed by atoms with E-state index in [0.29, 0.717) is 19.4 Å². The summed E-state index contributed by atoms with van der Waals surface area (Å²) >= 11 is 8.11. The van der Waals surface area contributed by atoms with Crippen LogP contribution < -0.4 is 16.4 Å². The van der Waals surface area contributed by atoms with Gasteiger partial charge in [0.05, 0.1) is 6.04 Å². The third-order valence-electron chi connectivity index (χ3n) is 5.07. The zero-order chi connectivity index (χ0) is 23.0. The Morgan fingerprint density at radius 2 is 1.77 bits per heavy atom. The number of amides is 3. The minimum absolute atomic E-state index is 0.0282. The van der Waals surface area contributed by atoms with Gasteiger partial charge in [-0.25, -0.2) is 4.79 Å². The Bertz CT molecular complexity index is 795. The molecule has 1 aromatic carbocycles. The molecule has 4 atom stereocenters. The maximum atomic E-state index is 13.0. The minimum Gasteiger partial charge on any atom is -0.480 e. The first-order chi connectivity index (χ1) is 14.8. The number of hydrogen-bond donors (Lipinski definition) is 6. The molecule has 170 valence electrons. The van der Waals surface area contributed by atoms with E-state index in [0.717, 1.165) is 5.56 Å². The number of nitrogens with one attached hydrogen (secondary N) is 2. The molecule has 0 saturated carbocycles. The van der Waals surface area contributed by atoms with E-state index in [2.05, 4.69) is 35.9 Å². The summed E-state index contributed by atoms with van der Waals surface area (Å²) in [6.07, 6.45) is 1.11. The molecule has 1 aromatic rings. The van der Waals surface area contributed by atoms with Crippen molar-refractivity contribution in [1.29, 1.82) is 0 Å². The van der Waals surface area contributed by atoms with Gasteiger partial charge < -0.3 is 26.4 Å². The molecular formula is C20H28N4O5S2. The standard InChI is InChI=1S/C20H28N4O5S2/c21-13(10-30)17(25)23-15(11-31)19(27)24-8-4-7-16(24)18(26)22-14(20(28)29)9-12-5-2-1-3-6-12/h1-3,5-6,13-16,30-31H,4,7-11,21H2,(H,22,26)(H,23,25)(H,28,29). The zero-order valence-electron chi connectivity index (χ0n) is 16.9. The van der Waals surface area contributed by atoms with Crippen molar-refractivity contribution >= 4 is 48.9 Å². The van der Waals surface area contributed by atoms with Gasteiger partial charge in [0.15, 0.2) is 0 Å². The van der Waals surface area contributed by atoms with Gasteiger partial charge >= 0.3 is 5.97 Å². The Morgan fingerprint density at radius 3 is 2.35 bits per heavy atom. The summed E-state index contributed by atoms with van der Waals surface area (Å²) in [5.74, 6) is -2.54. The zero-order valence-corrected chi connectivity index (χ0v) is 18.7. The van der Waals surface area contributed by atoms with E-state index >= 15 is 0 Å². The van der Waals surface area contributed by atoms with E-state index in [1.165, 1.54) is 4.90 Å². The molecule has 1 aliphatic heterocycles. The largest absolute Gasteiger partial charge is 0.480 e. The first-order valence-electron chi connectivity index (χ1n) is 9.93. The molecule has 2 rings (SSSR count). The number of hydrogen-bond acceptors (Lipinski definition) is 7. The van der Waals surface area contributed by atoms with Crippen LogP contribution >= 0.6 is 25.3 Å². The second-order valence-electron chi connectivity index (χ2n) is 7.31. The van der Waals surface area contributed by atoms with E-state index < -0.39 is 47.9 Å². The van der Waals surface area contributed by atoms with Crippen LogP contribution in [-0.4, -0.2) is 75.9 Å². The number of nitrogens with two attached hydrogens (primary N) is 1. The van der Waals surface area contributed by atoms with Crippen LogP contribution in [0.15, 0.2) is 30.3 Å². The van der Waals surface area contributed by atoms with Crippen molar-refractivity contribution < 1.29 is 24.3 Å². The number of nitrogens with zero attached hydrogens (tertiary/aromatic N) is 1. The quantitative estimate of drug-likeness (QED) is 0.255. The summed E-state index contributed by atoms with van der Waals surface area (Å²) in [5.41, 5.74) is 6.41. The fraction of sp³-hybridized carbons (Fsp3) is 0.500. The molecule has 11 heteroatoms. The Morgan fingerprint density at radius 1 is 1.10 bits per heavy atom. The fourth-order valence-electron chi connectivity index (χ4n) is 3.37. The van der Waals surface area contributed by atoms with Crippen molar-refractivity contribution in [1.82, 2.24) is 15.5 Å². The molecule has 1 saturated heterocycles. The Hall–Kier alpha value is -2.24. The topological polar surface area (TPSA) is 142 Å². The van der Waals surface area contributed by atoms with Gasteiger partial charge in [0.1, 0.15) is 18.1 Å². The van der Waals surface area contributed by atoms with Gasteiger partial charge in [-0.15, -0.1) is 0 Å². The third kappa shape index (κ3) is 6.88. The van der Waals surface area contributed by atoms with E-state index in [1.54, 1.807) is 24.3 Å². The lowest BCUT2D eigenvalue weighted by molar-refractivity contribution is -0.144. The highest BCUT2D eigenvalue weighted by Gasteiger charge is 2.38. The van der Waals surface area contributed by atoms with Crippen molar-refractivity contribution in [3.63, 3.8) is 0 Å². The molecule has 3 amide bonds. The summed E-state index contributed by atoms with van der Waals surface area (Å²) in [7, 11) is 0. The van der Waals surface area contributed by atoms with E-state index in [1.807, 2.05) is 6.07 Å². The molecule has 4 unspecified atom stereocenters. The summed E-state index contributed by atoms with van der Waals surface area (Å²) in [5, 5.41) is 14.6. The molecule has 5 N–H and O–H groups in total. The molecule has 1 aliphatic rings. The molecule has 0 aliphatic carbocycles. The predicted molar refractivity (Wildman–Crippen MR) is 122 cm³/mol. The normalized spacial score (nSPS) is 18.7. The van der Waals surface area contributed by atoms with Gasteiger partial charge in [-0.2, -0.15) is 25.3 Å². The maximum absolute atomic E-state index is 13.0. The van der Waals surface area contributed by atoms with E-state index in [9.17, 15) is 24.3 Å². The lowest BCUT2D eigenvalue weighted by Crippen LogP contribution is -2.57. The van der Waals surface area contributed by atoms with Crippen LogP contribution in [0.25, 0.3) is 0 Å². The summed E-state index contributed by atoms with van der Waals surface area (Å²) in [6, 6.07) is 5.20. The van der Waals surface area contributed by atoms with Crippen LogP contribution in [0.5, 0.6) is 0 Å². The monoisotopic (exact) mass is 468 g/mol. The first-order valence-corrected chi connectivity index (χ1v) is 11.2. The number of carbonyl (C=O) groups excluding carboxylic acids is 3. The van der Waals surface area contributed by atoms with Crippen molar-refractivity contribution in [2.24, 2.45) is 5.73 Å². The van der Waals surface area contributed by atoms with Gasteiger partial charge in [-0.05, 0) is 18.4 Å². The van der Waals surface area contributed by atoms with Crippen LogP contribution in [0.2, 0.25) is 0 Å². The molecule has 1 heterocycles. The number of rotatable bonds is 10. The molecule has 1 fully saturated rings. The van der Waals surface area contributed by atoms with Crippen molar-refractivity contribution in [2.75, 3.05) is 18.1 Å². The smallest absolute Gasteiger partial charge is 0.326 e. The van der Waals surface area contributed by atoms with Gasteiger partial charge in [0.2, 0.25) is 17.7 Å². The molecule has 0 radical (unpaired) electrons. The van der Waals surface area contributed by atoms with Crippen LogP contribution in [0.1, 0.15) is 18.4 Å². The second-order valence-corrected chi connectivity index (χ2v) is 8.04. The number of aliphatic carboxylic acids is 1. The molecule has 31 heavy (non-hydrogen) atoms. The Balaban J connectivity index is 2.06. The number of benzene rings is 1. The van der Waals surface area contributed by atoms with Crippen molar-refractivity contribution in [3.8, 4) is 0 Å². The Kier molecular flexibility index (Phi) is 9.66. The van der Waals surface area contributed by atoms with Crippen LogP contribution in [0.3, 0.4) is 0 Å². The van der Waals surface area contributed by atoms with Gasteiger partial charge in [0, 0.05) is 24.5 Å². The molecular weight excluding hydrogens is 440 g/mol. The fourth-order valence-corrected chi connectivity index (χ4v) is 3.78. The van der Waals surface area contributed by atoms with E-state index in [-0.39, 0.29) is 17.9 Å². The van der Waals surface area contributed by atoms with Crippen molar-refractivity contribution in [2.45, 2.75) is 43.4 Å². The first kappa shape index (κ1) is 25.0. The predicted octanol–water partition coefficient (Wildman–Crippen LogP) is -0.539. The number of carbonyl (C=O) groups is 4. The molecule has 9 nitrogen and oxygen atoms in total. The van der Waals surface area contributed by atoms with E-state index in [4.69, 9.17) is 5.73 Å². The van der Waals surface area contributed by atoms with Crippen LogP contribution in [0, 0.1) is 0 Å². The summed E-state index contributed by atoms with van der Waals surface area (Å²) in [6.45, 7) is 0.326. The lowest BCUT2D eigenvalue weighted by Gasteiger charge is -2.29. The average molecular weight is 469 g/mol. The van der Waals surface area contributed by atoms with Gasteiger partial charge in [0.25, 0.3) is 0 Å². The lowest BCUT2D eigenvalue weighted by atomic mass is 10.1. The van der Waals surface area contributed by atoms with Gasteiger partial charge in [-0.1, -0.05) is 30.3 Å². The molecule has 0 bridgehead atoms. The second kappa shape index (κ2) is 12.0. The average Bonchev–Trinajstić information content (AvgIpc) is 3.26. The highest BCUT2D eigenvalue weighted by molar-refractivity contribution is 7.80. The maximum Gasteiger partial charge on any atom is 0.326 e. The molecule has 0 aromatic heterocycles. The third-order valence-corrected chi connectivity index (χ3v) is 5.82. The number of likely N-dealkylation sites (tertiary alicyclic amines) is 1. The van der Waals surface area contributed by atoms with Crippen molar-refractivity contribution in [3.05, 3.63) is 35.9 Å². The molecule has 0 spiro atoms. The van der Waals surface area contributed by atoms with Crippen LogP contribution in [-0.2, 0) is 25.6 Å².